The van der Waals surface area contributed by atoms with E-state index < -0.39 is 0 Å². The van der Waals surface area contributed by atoms with Gasteiger partial charge in [-0.1, -0.05) is 23.2 Å². The molecule has 17 heavy (non-hydrogen) atoms. The molecule has 1 aromatic heterocycles. The number of hydrogen-bond donors (Lipinski definition) is 0. The summed E-state index contributed by atoms with van der Waals surface area (Å²) in [4.78, 5) is 12.9. The van der Waals surface area contributed by atoms with Gasteiger partial charge >= 0.3 is 0 Å². The molecule has 0 N–H and O–H groups in total. The highest BCUT2D eigenvalue weighted by molar-refractivity contribution is 7.18. The summed E-state index contributed by atoms with van der Waals surface area (Å²) in [7, 11) is 0. The van der Waals surface area contributed by atoms with Crippen LogP contribution in [0.15, 0.2) is 24.3 Å². The number of benzene rings is 1. The van der Waals surface area contributed by atoms with Gasteiger partial charge in [0, 0.05) is 10.6 Å². The fourth-order valence-corrected chi connectivity index (χ4v) is 2.97. The zero-order valence-corrected chi connectivity index (χ0v) is 11.7. The normalized spacial score (nSPS) is 10.6. The first-order valence-electron chi connectivity index (χ1n) is 5.06. The number of carbonyl (C=O) groups is 1. The summed E-state index contributed by atoms with van der Waals surface area (Å²) < 4.78 is 0.667. The first kappa shape index (κ1) is 12.6. The average molecular weight is 285 g/mol. The van der Waals surface area contributed by atoms with E-state index in [0.29, 0.717) is 19.8 Å². The van der Waals surface area contributed by atoms with Crippen LogP contribution in [0.25, 0.3) is 0 Å². The number of rotatable bonds is 2. The molecule has 0 atom stereocenters. The van der Waals surface area contributed by atoms with E-state index in [1.807, 2.05) is 19.9 Å². The maximum absolute atomic E-state index is 12.3. The van der Waals surface area contributed by atoms with Crippen molar-refractivity contribution in [1.29, 1.82) is 0 Å². The van der Waals surface area contributed by atoms with Crippen molar-refractivity contribution in [2.75, 3.05) is 0 Å². The Kier molecular flexibility index (Phi) is 3.57. The standard InChI is InChI=1S/C13H10Cl2OS/c1-7-5-9(14)3-4-10(7)12(16)11-6-8(2)13(15)17-11/h3-6H,1-2H3. The molecule has 0 unspecified atom stereocenters. The average Bonchev–Trinajstić information content (AvgIpc) is 2.58. The molecule has 4 heteroatoms. The fraction of sp³-hybridized carbons (Fsp3) is 0.154. The first-order valence-corrected chi connectivity index (χ1v) is 6.63. The molecular formula is C13H10Cl2OS. The van der Waals surface area contributed by atoms with Crippen molar-refractivity contribution >= 4 is 40.3 Å². The lowest BCUT2D eigenvalue weighted by Crippen LogP contribution is -2.01. The van der Waals surface area contributed by atoms with Crippen molar-refractivity contribution in [1.82, 2.24) is 0 Å². The Labute approximate surface area is 114 Å². The van der Waals surface area contributed by atoms with Gasteiger partial charge in [0.25, 0.3) is 0 Å². The van der Waals surface area contributed by atoms with Gasteiger partial charge in [0.05, 0.1) is 9.21 Å². The molecule has 2 rings (SSSR count). The monoisotopic (exact) mass is 284 g/mol. The highest BCUT2D eigenvalue weighted by Crippen LogP contribution is 2.29. The molecule has 0 saturated heterocycles. The molecule has 0 aliphatic rings. The summed E-state index contributed by atoms with van der Waals surface area (Å²) in [6.07, 6.45) is 0. The zero-order chi connectivity index (χ0) is 12.6. The zero-order valence-electron chi connectivity index (χ0n) is 9.38. The lowest BCUT2D eigenvalue weighted by molar-refractivity contribution is 0.104. The smallest absolute Gasteiger partial charge is 0.203 e. The molecule has 0 bridgehead atoms. The second-order valence-electron chi connectivity index (χ2n) is 3.86. The topological polar surface area (TPSA) is 17.1 Å². The van der Waals surface area contributed by atoms with E-state index in [-0.39, 0.29) is 5.78 Å². The Morgan fingerprint density at radius 2 is 1.82 bits per heavy atom. The molecule has 0 amide bonds. The van der Waals surface area contributed by atoms with Crippen LogP contribution in [0, 0.1) is 13.8 Å². The minimum atomic E-state index is -0.000772. The van der Waals surface area contributed by atoms with Crippen molar-refractivity contribution in [3.05, 3.63) is 55.2 Å². The number of thiophene rings is 1. The Morgan fingerprint density at radius 3 is 2.35 bits per heavy atom. The van der Waals surface area contributed by atoms with E-state index >= 15 is 0 Å². The third-order valence-corrected chi connectivity index (χ3v) is 4.30. The summed E-state index contributed by atoms with van der Waals surface area (Å²) >= 11 is 13.2. The molecule has 1 nitrogen and oxygen atoms in total. The Morgan fingerprint density at radius 1 is 1.12 bits per heavy atom. The lowest BCUT2D eigenvalue weighted by Gasteiger charge is -2.03. The van der Waals surface area contributed by atoms with Gasteiger partial charge in [-0.05, 0) is 49.2 Å². The molecule has 0 fully saturated rings. The van der Waals surface area contributed by atoms with Crippen LogP contribution in [0.4, 0.5) is 0 Å². The second-order valence-corrected chi connectivity index (χ2v) is 5.95. The summed E-state index contributed by atoms with van der Waals surface area (Å²) in [6, 6.07) is 7.09. The highest BCUT2D eigenvalue weighted by Gasteiger charge is 2.15. The van der Waals surface area contributed by atoms with Gasteiger partial charge in [0.15, 0.2) is 0 Å². The van der Waals surface area contributed by atoms with Crippen molar-refractivity contribution in [3.8, 4) is 0 Å². The fourth-order valence-electron chi connectivity index (χ4n) is 1.59. The molecule has 1 aromatic carbocycles. The lowest BCUT2D eigenvalue weighted by atomic mass is 10.0. The van der Waals surface area contributed by atoms with E-state index in [9.17, 15) is 4.79 Å². The van der Waals surface area contributed by atoms with Crippen molar-refractivity contribution < 1.29 is 4.79 Å². The maximum atomic E-state index is 12.3. The van der Waals surface area contributed by atoms with E-state index in [1.54, 1.807) is 18.2 Å². The Hall–Kier alpha value is -0.830. The molecule has 0 radical (unpaired) electrons. The first-order chi connectivity index (χ1) is 7.99. The van der Waals surface area contributed by atoms with Gasteiger partial charge < -0.3 is 0 Å². The summed E-state index contributed by atoms with van der Waals surface area (Å²) in [5.41, 5.74) is 2.49. The van der Waals surface area contributed by atoms with Gasteiger partial charge in [-0.2, -0.15) is 0 Å². The third-order valence-electron chi connectivity index (χ3n) is 2.51. The molecule has 88 valence electrons. The molecule has 0 aliphatic heterocycles. The SMILES string of the molecule is Cc1cc(Cl)ccc1C(=O)c1cc(C)c(Cl)s1. The molecule has 0 spiro atoms. The van der Waals surface area contributed by atoms with Crippen LogP contribution >= 0.6 is 34.5 Å². The third kappa shape index (κ3) is 2.54. The molecule has 0 saturated carbocycles. The van der Waals surface area contributed by atoms with E-state index in [0.717, 1.165) is 11.1 Å². The summed E-state index contributed by atoms with van der Waals surface area (Å²) in [5, 5.41) is 0.638. The highest BCUT2D eigenvalue weighted by atomic mass is 35.5. The number of carbonyl (C=O) groups excluding carboxylic acids is 1. The van der Waals surface area contributed by atoms with Crippen LogP contribution in [0.3, 0.4) is 0 Å². The number of halogens is 2. The van der Waals surface area contributed by atoms with Crippen molar-refractivity contribution in [2.24, 2.45) is 0 Å². The van der Waals surface area contributed by atoms with E-state index in [2.05, 4.69) is 0 Å². The van der Waals surface area contributed by atoms with Crippen LogP contribution < -0.4 is 0 Å². The molecule has 2 aromatic rings. The minimum Gasteiger partial charge on any atom is -0.288 e. The van der Waals surface area contributed by atoms with Crippen LogP contribution in [-0.4, -0.2) is 5.78 Å². The van der Waals surface area contributed by atoms with Gasteiger partial charge in [-0.3, -0.25) is 4.79 Å². The number of ketones is 1. The van der Waals surface area contributed by atoms with Gasteiger partial charge in [0.1, 0.15) is 0 Å². The van der Waals surface area contributed by atoms with E-state index in [1.165, 1.54) is 11.3 Å². The Bertz CT molecular complexity index is 568. The minimum absolute atomic E-state index is 0.000772. The van der Waals surface area contributed by atoms with Gasteiger partial charge in [-0.25, -0.2) is 0 Å². The second kappa shape index (κ2) is 4.81. The maximum Gasteiger partial charge on any atom is 0.203 e. The van der Waals surface area contributed by atoms with E-state index in [4.69, 9.17) is 23.2 Å². The Balaban J connectivity index is 2.43. The van der Waals surface area contributed by atoms with Crippen molar-refractivity contribution in [2.45, 2.75) is 13.8 Å². The summed E-state index contributed by atoms with van der Waals surface area (Å²) in [5.74, 6) is -0.000772. The van der Waals surface area contributed by atoms with Crippen LogP contribution in [0.5, 0.6) is 0 Å². The van der Waals surface area contributed by atoms with Crippen LogP contribution in [-0.2, 0) is 0 Å². The number of hydrogen-bond acceptors (Lipinski definition) is 2. The predicted molar refractivity (Wildman–Crippen MR) is 73.7 cm³/mol. The summed E-state index contributed by atoms with van der Waals surface area (Å²) in [6.45, 7) is 3.77. The van der Waals surface area contributed by atoms with Gasteiger partial charge in [0.2, 0.25) is 5.78 Å². The van der Waals surface area contributed by atoms with Crippen molar-refractivity contribution in [3.63, 3.8) is 0 Å². The molecule has 1 heterocycles. The quantitative estimate of drug-likeness (QED) is 0.717. The largest absolute Gasteiger partial charge is 0.288 e. The predicted octanol–water partition coefficient (Wildman–Crippen LogP) is 4.90. The molecular weight excluding hydrogens is 275 g/mol. The molecule has 0 aliphatic carbocycles. The van der Waals surface area contributed by atoms with Crippen LogP contribution in [0.2, 0.25) is 9.36 Å². The van der Waals surface area contributed by atoms with Crippen LogP contribution in [0.1, 0.15) is 26.4 Å². The van der Waals surface area contributed by atoms with Gasteiger partial charge in [-0.15, -0.1) is 11.3 Å². The number of aryl methyl sites for hydroxylation is 2.